The first-order valence-electron chi connectivity index (χ1n) is 4.18. The topological polar surface area (TPSA) is 0 Å². The van der Waals surface area contributed by atoms with Crippen molar-refractivity contribution in [1.29, 1.82) is 0 Å². The second-order valence-electron chi connectivity index (χ2n) is 6.88. The molecule has 0 saturated heterocycles. The Labute approximate surface area is 106 Å². The Morgan fingerprint density at radius 1 is 0.929 bits per heavy atom. The second kappa shape index (κ2) is 4.43. The van der Waals surface area contributed by atoms with E-state index in [9.17, 15) is 0 Å². The van der Waals surface area contributed by atoms with Crippen LogP contribution in [-0.4, -0.2) is 0 Å². The van der Waals surface area contributed by atoms with Gasteiger partial charge in [-0.15, -0.1) is 37.2 Å². The Morgan fingerprint density at radius 2 is 1.36 bits per heavy atom. The Kier molecular flexibility index (Phi) is 6.45. The zero-order valence-electron chi connectivity index (χ0n) is 9.61. The fourth-order valence-corrected chi connectivity index (χ4v) is 4.15. The molecule has 4 heteroatoms. The fourth-order valence-electron chi connectivity index (χ4n) is 1.27. The standard InChI is InChI=1S/C5H5.5CH3.3ClH.V/c1-2-4-5-3-1;;;;;;;;;/h1-3H,4H2;5*1H3;3*1H;. The van der Waals surface area contributed by atoms with Crippen LogP contribution in [0.4, 0.5) is 0 Å². The van der Waals surface area contributed by atoms with Crippen molar-refractivity contribution in [1.82, 2.24) is 0 Å². The molecular formula is C10H23Cl3V. The summed E-state index contributed by atoms with van der Waals surface area (Å²) in [4.78, 5) is 0. The zero-order chi connectivity index (χ0) is 8.81. The number of halogens is 3. The van der Waals surface area contributed by atoms with Crippen LogP contribution in [0.2, 0.25) is 28.2 Å². The van der Waals surface area contributed by atoms with Gasteiger partial charge in [0.05, 0.1) is 0 Å². The summed E-state index contributed by atoms with van der Waals surface area (Å²) in [6, 6.07) is 0. The van der Waals surface area contributed by atoms with E-state index < -0.39 is 11.8 Å². The third-order valence-electron chi connectivity index (χ3n) is 2.19. The van der Waals surface area contributed by atoms with Gasteiger partial charge in [-0.3, -0.25) is 0 Å². The number of allylic oxidation sites excluding steroid dienone is 4. The van der Waals surface area contributed by atoms with Crippen molar-refractivity contribution in [2.24, 2.45) is 0 Å². The monoisotopic (exact) mass is 299 g/mol. The van der Waals surface area contributed by atoms with Gasteiger partial charge in [-0.2, -0.15) is 0 Å². The molecule has 0 radical (unpaired) electrons. The van der Waals surface area contributed by atoms with Crippen LogP contribution in [0.3, 0.4) is 0 Å². The van der Waals surface area contributed by atoms with Gasteiger partial charge in [0.15, 0.2) is 0 Å². The third-order valence-corrected chi connectivity index (χ3v) is 7.19. The average Bonchev–Trinajstić information content (AvgIpc) is 2.01. The molecule has 0 nitrogen and oxygen atoms in total. The van der Waals surface area contributed by atoms with Crippen molar-refractivity contribution in [2.75, 3.05) is 0 Å². The molecule has 0 heterocycles. The van der Waals surface area contributed by atoms with Gasteiger partial charge in [-0.1, -0.05) is 0 Å². The number of hydrogen-bond donors (Lipinski definition) is 0. The van der Waals surface area contributed by atoms with Crippen molar-refractivity contribution < 1.29 is 11.8 Å². The van der Waals surface area contributed by atoms with E-state index in [4.69, 9.17) is 0 Å². The molecule has 0 unspecified atom stereocenters. The maximum absolute atomic E-state index is 2.49. The molecule has 0 atom stereocenters. The Balaban J connectivity index is -0.000000403. The Morgan fingerprint density at radius 3 is 1.50 bits per heavy atom. The molecule has 0 amide bonds. The van der Waals surface area contributed by atoms with Crippen LogP contribution in [0.25, 0.3) is 0 Å². The molecule has 0 aromatic heterocycles. The summed E-state index contributed by atoms with van der Waals surface area (Å²) in [6.07, 6.45) is 7.97. The summed E-state index contributed by atoms with van der Waals surface area (Å²) < 4.78 is 1.69. The van der Waals surface area contributed by atoms with Crippen LogP contribution in [0, 0.1) is 0 Å². The molecule has 0 spiro atoms. The number of hydrogen-bond acceptors (Lipinski definition) is 0. The Hall–Kier alpha value is 0.934. The van der Waals surface area contributed by atoms with Gasteiger partial charge < -0.3 is 0 Å². The van der Waals surface area contributed by atoms with Crippen LogP contribution in [-0.2, 0) is 11.8 Å². The normalized spacial score (nSPS) is 19.1. The summed E-state index contributed by atoms with van der Waals surface area (Å²) >= 11 is -2.49. The van der Waals surface area contributed by atoms with Gasteiger partial charge in [-0.05, 0) is 0 Å². The molecule has 0 N–H and O–H groups in total. The van der Waals surface area contributed by atoms with E-state index in [2.05, 4.69) is 46.4 Å². The predicted octanol–water partition coefficient (Wildman–Crippen LogP) is 5.56. The first kappa shape index (κ1) is 20.4. The Bertz CT molecular complexity index is 242. The quantitative estimate of drug-likeness (QED) is 0.594. The van der Waals surface area contributed by atoms with Gasteiger partial charge in [0, 0.05) is 0 Å². The van der Waals surface area contributed by atoms with Crippen molar-refractivity contribution in [3.05, 3.63) is 22.5 Å². The SMILES string of the molecule is Cl.Cl.Cl.[CH3][V]([CH3])([CH3])([CH3])([CH3])[C]1=CC=CC1. The minimum absolute atomic E-state index is 0. The maximum atomic E-state index is 2.47. The zero-order valence-corrected chi connectivity index (χ0v) is 13.5. The molecule has 89 valence electrons. The van der Waals surface area contributed by atoms with Crippen LogP contribution in [0.1, 0.15) is 6.42 Å². The molecule has 1 rings (SSSR count). The van der Waals surface area contributed by atoms with Gasteiger partial charge in [-0.25, -0.2) is 0 Å². The van der Waals surface area contributed by atoms with Gasteiger partial charge in [0.2, 0.25) is 0 Å². The van der Waals surface area contributed by atoms with Gasteiger partial charge >= 0.3 is 68.9 Å². The molecule has 14 heavy (non-hydrogen) atoms. The summed E-state index contributed by atoms with van der Waals surface area (Å²) in [5.74, 6) is 0. The van der Waals surface area contributed by atoms with Gasteiger partial charge in [0.1, 0.15) is 0 Å². The summed E-state index contributed by atoms with van der Waals surface area (Å²) in [7, 11) is 0. The van der Waals surface area contributed by atoms with Crippen molar-refractivity contribution in [3.8, 4) is 0 Å². The van der Waals surface area contributed by atoms with Crippen molar-refractivity contribution in [3.63, 3.8) is 0 Å². The van der Waals surface area contributed by atoms with Crippen LogP contribution in [0.5, 0.6) is 0 Å². The van der Waals surface area contributed by atoms with Crippen LogP contribution < -0.4 is 0 Å². The molecule has 0 saturated carbocycles. The minimum atomic E-state index is -2.49. The summed E-state index contributed by atoms with van der Waals surface area (Å²) in [6.45, 7) is 0. The first-order valence-corrected chi connectivity index (χ1v) is 11.9. The summed E-state index contributed by atoms with van der Waals surface area (Å²) in [5, 5.41) is 0. The van der Waals surface area contributed by atoms with E-state index in [1.807, 2.05) is 0 Å². The van der Waals surface area contributed by atoms with E-state index in [1.54, 1.807) is 4.28 Å². The molecule has 0 aromatic rings. The predicted molar refractivity (Wildman–Crippen MR) is 72.9 cm³/mol. The molecule has 0 fully saturated rings. The molecule has 0 bridgehead atoms. The van der Waals surface area contributed by atoms with E-state index >= 15 is 0 Å². The fraction of sp³-hybridized carbons (Fsp3) is 0.600. The molecular weight excluding hydrogens is 277 g/mol. The molecule has 0 aliphatic heterocycles. The third kappa shape index (κ3) is 5.73. The second-order valence-corrected chi connectivity index (χ2v) is 25.2. The van der Waals surface area contributed by atoms with Crippen LogP contribution >= 0.6 is 37.2 Å². The molecule has 0 aromatic carbocycles. The van der Waals surface area contributed by atoms with Crippen LogP contribution in [0.15, 0.2) is 22.5 Å². The summed E-state index contributed by atoms with van der Waals surface area (Å²) in [5.41, 5.74) is 12.4. The van der Waals surface area contributed by atoms with Gasteiger partial charge in [0.25, 0.3) is 0 Å². The molecule has 1 aliphatic rings. The van der Waals surface area contributed by atoms with E-state index in [-0.39, 0.29) is 37.2 Å². The molecule has 1 aliphatic carbocycles. The average molecular weight is 301 g/mol. The van der Waals surface area contributed by atoms with E-state index in [1.165, 1.54) is 6.42 Å². The van der Waals surface area contributed by atoms with Crippen molar-refractivity contribution >= 4 is 37.2 Å². The van der Waals surface area contributed by atoms with E-state index in [0.717, 1.165) is 0 Å². The first-order chi connectivity index (χ1) is 4.59. The van der Waals surface area contributed by atoms with Crippen molar-refractivity contribution in [2.45, 2.75) is 34.6 Å². The van der Waals surface area contributed by atoms with E-state index in [0.29, 0.717) is 0 Å². The number of rotatable bonds is 1.